The summed E-state index contributed by atoms with van der Waals surface area (Å²) in [4.78, 5) is 16.8. The van der Waals surface area contributed by atoms with Gasteiger partial charge in [-0.2, -0.15) is 0 Å². The van der Waals surface area contributed by atoms with Gasteiger partial charge in [0.05, 0.1) is 5.69 Å². The van der Waals surface area contributed by atoms with Crippen LogP contribution in [0.1, 0.15) is 29.0 Å². The zero-order valence-corrected chi connectivity index (χ0v) is 14.5. The molecule has 0 unspecified atom stereocenters. The molecule has 1 aromatic heterocycles. The van der Waals surface area contributed by atoms with Gasteiger partial charge < -0.3 is 9.42 Å². The molecular weight excluding hydrogens is 302 g/mol. The lowest BCUT2D eigenvalue weighted by Crippen LogP contribution is -2.48. The average Bonchev–Trinajstić information content (AvgIpc) is 2.92. The lowest BCUT2D eigenvalue weighted by molar-refractivity contribution is -0.133. The van der Waals surface area contributed by atoms with Crippen molar-refractivity contribution in [3.05, 3.63) is 52.9 Å². The smallest absolute Gasteiger partial charge is 0.222 e. The fourth-order valence-corrected chi connectivity index (χ4v) is 3.25. The largest absolute Gasteiger partial charge is 0.361 e. The first kappa shape index (κ1) is 16.7. The van der Waals surface area contributed by atoms with Crippen molar-refractivity contribution in [2.75, 3.05) is 26.2 Å². The maximum absolute atomic E-state index is 12.4. The second-order valence-corrected chi connectivity index (χ2v) is 6.45. The minimum atomic E-state index is 0.231. The second-order valence-electron chi connectivity index (χ2n) is 6.45. The summed E-state index contributed by atoms with van der Waals surface area (Å²) in [6.07, 6.45) is 1.24. The molecule has 5 heteroatoms. The molecule has 0 aliphatic carbocycles. The first-order chi connectivity index (χ1) is 11.6. The quantitative estimate of drug-likeness (QED) is 0.847. The standard InChI is InChI=1S/C19H25N3O2/c1-15-18(16(2)24-20-15)8-9-19(23)22-12-10-21(11-13-22)14-17-6-4-3-5-7-17/h3-7H,8-14H2,1-2H3. The summed E-state index contributed by atoms with van der Waals surface area (Å²) >= 11 is 0. The Bertz CT molecular complexity index is 654. The van der Waals surface area contributed by atoms with E-state index in [1.54, 1.807) is 0 Å². The fraction of sp³-hybridized carbons (Fsp3) is 0.474. The number of hydrogen-bond donors (Lipinski definition) is 0. The fourth-order valence-electron chi connectivity index (χ4n) is 3.25. The van der Waals surface area contributed by atoms with E-state index in [1.807, 2.05) is 24.8 Å². The summed E-state index contributed by atoms with van der Waals surface area (Å²) in [5.41, 5.74) is 3.30. The van der Waals surface area contributed by atoms with E-state index in [1.165, 1.54) is 5.56 Å². The van der Waals surface area contributed by atoms with Gasteiger partial charge in [0, 0.05) is 44.7 Å². The van der Waals surface area contributed by atoms with E-state index in [2.05, 4.69) is 34.3 Å². The van der Waals surface area contributed by atoms with Gasteiger partial charge in [-0.15, -0.1) is 0 Å². The van der Waals surface area contributed by atoms with E-state index < -0.39 is 0 Å². The van der Waals surface area contributed by atoms with Crippen LogP contribution in [-0.4, -0.2) is 47.0 Å². The van der Waals surface area contributed by atoms with Gasteiger partial charge in [0.1, 0.15) is 5.76 Å². The normalized spacial score (nSPS) is 15.7. The highest BCUT2D eigenvalue weighted by atomic mass is 16.5. The molecule has 0 bridgehead atoms. The predicted molar refractivity (Wildman–Crippen MR) is 92.6 cm³/mol. The third-order valence-electron chi connectivity index (χ3n) is 4.74. The summed E-state index contributed by atoms with van der Waals surface area (Å²) in [7, 11) is 0. The lowest BCUT2D eigenvalue weighted by Gasteiger charge is -2.34. The van der Waals surface area contributed by atoms with E-state index in [-0.39, 0.29) is 5.91 Å². The van der Waals surface area contributed by atoms with Crippen molar-refractivity contribution in [3.8, 4) is 0 Å². The Labute approximate surface area is 143 Å². The molecule has 0 spiro atoms. The van der Waals surface area contributed by atoms with Gasteiger partial charge in [-0.1, -0.05) is 35.5 Å². The summed E-state index contributed by atoms with van der Waals surface area (Å²) in [5, 5.41) is 3.95. The van der Waals surface area contributed by atoms with Crippen molar-refractivity contribution in [1.29, 1.82) is 0 Å². The summed E-state index contributed by atoms with van der Waals surface area (Å²) in [6.45, 7) is 8.29. The van der Waals surface area contributed by atoms with Crippen molar-refractivity contribution in [2.45, 2.75) is 33.2 Å². The first-order valence-corrected chi connectivity index (χ1v) is 8.59. The number of benzene rings is 1. The number of aryl methyl sites for hydroxylation is 2. The third kappa shape index (κ3) is 4.03. The molecule has 5 nitrogen and oxygen atoms in total. The number of hydrogen-bond acceptors (Lipinski definition) is 4. The monoisotopic (exact) mass is 327 g/mol. The molecule has 1 aliphatic heterocycles. The molecule has 128 valence electrons. The van der Waals surface area contributed by atoms with E-state index in [9.17, 15) is 4.79 Å². The molecule has 0 radical (unpaired) electrons. The summed E-state index contributed by atoms with van der Waals surface area (Å²) < 4.78 is 5.16. The summed E-state index contributed by atoms with van der Waals surface area (Å²) in [6, 6.07) is 10.5. The highest BCUT2D eigenvalue weighted by Gasteiger charge is 2.21. The highest BCUT2D eigenvalue weighted by Crippen LogP contribution is 2.16. The maximum Gasteiger partial charge on any atom is 0.222 e. The van der Waals surface area contributed by atoms with Crippen LogP contribution in [0.4, 0.5) is 0 Å². The average molecular weight is 327 g/mol. The van der Waals surface area contributed by atoms with E-state index in [0.717, 1.165) is 49.7 Å². The molecule has 0 saturated carbocycles. The molecule has 2 heterocycles. The molecule has 2 aromatic rings. The minimum absolute atomic E-state index is 0.231. The van der Waals surface area contributed by atoms with Crippen molar-refractivity contribution in [1.82, 2.24) is 15.0 Å². The Morgan fingerprint density at radius 1 is 1.12 bits per heavy atom. The Hall–Kier alpha value is -2.14. The molecule has 0 N–H and O–H groups in total. The number of nitrogens with zero attached hydrogens (tertiary/aromatic N) is 3. The van der Waals surface area contributed by atoms with Crippen LogP contribution in [0.3, 0.4) is 0 Å². The number of carbonyl (C=O) groups is 1. The van der Waals surface area contributed by atoms with Crippen LogP contribution in [0.2, 0.25) is 0 Å². The molecule has 1 saturated heterocycles. The van der Waals surface area contributed by atoms with E-state index >= 15 is 0 Å². The number of piperazine rings is 1. The van der Waals surface area contributed by atoms with Gasteiger partial charge in [0.15, 0.2) is 0 Å². The molecule has 0 atom stereocenters. The van der Waals surface area contributed by atoms with Gasteiger partial charge in [0.2, 0.25) is 5.91 Å². The number of aromatic nitrogens is 1. The topological polar surface area (TPSA) is 49.6 Å². The lowest BCUT2D eigenvalue weighted by atomic mass is 10.1. The van der Waals surface area contributed by atoms with Crippen LogP contribution in [-0.2, 0) is 17.8 Å². The van der Waals surface area contributed by atoms with Gasteiger partial charge >= 0.3 is 0 Å². The number of carbonyl (C=O) groups excluding carboxylic acids is 1. The number of amides is 1. The Morgan fingerprint density at radius 2 is 1.83 bits per heavy atom. The molecule has 24 heavy (non-hydrogen) atoms. The van der Waals surface area contributed by atoms with Gasteiger partial charge in [-0.25, -0.2) is 0 Å². The second kappa shape index (κ2) is 7.62. The molecule has 1 aromatic carbocycles. The molecule has 1 amide bonds. The first-order valence-electron chi connectivity index (χ1n) is 8.59. The molecular formula is C19H25N3O2. The van der Waals surface area contributed by atoms with Crippen molar-refractivity contribution in [2.24, 2.45) is 0 Å². The van der Waals surface area contributed by atoms with Gasteiger partial charge in [0.25, 0.3) is 0 Å². The third-order valence-corrected chi connectivity index (χ3v) is 4.74. The van der Waals surface area contributed by atoms with E-state index in [4.69, 9.17) is 4.52 Å². The van der Waals surface area contributed by atoms with Crippen molar-refractivity contribution >= 4 is 5.91 Å². The minimum Gasteiger partial charge on any atom is -0.361 e. The number of rotatable bonds is 5. The van der Waals surface area contributed by atoms with Crippen LogP contribution >= 0.6 is 0 Å². The molecule has 3 rings (SSSR count). The van der Waals surface area contributed by atoms with Gasteiger partial charge in [-0.05, 0) is 25.8 Å². The van der Waals surface area contributed by atoms with Crippen LogP contribution in [0, 0.1) is 13.8 Å². The van der Waals surface area contributed by atoms with Crippen LogP contribution in [0.5, 0.6) is 0 Å². The zero-order valence-electron chi connectivity index (χ0n) is 14.5. The highest BCUT2D eigenvalue weighted by molar-refractivity contribution is 5.76. The molecule has 1 fully saturated rings. The van der Waals surface area contributed by atoms with Crippen molar-refractivity contribution in [3.63, 3.8) is 0 Å². The van der Waals surface area contributed by atoms with Crippen molar-refractivity contribution < 1.29 is 9.32 Å². The van der Waals surface area contributed by atoms with Crippen LogP contribution in [0.25, 0.3) is 0 Å². The SMILES string of the molecule is Cc1noc(C)c1CCC(=O)N1CCN(Cc2ccccc2)CC1. The van der Waals surface area contributed by atoms with Crippen LogP contribution < -0.4 is 0 Å². The molecule has 1 aliphatic rings. The Balaban J connectivity index is 1.45. The maximum atomic E-state index is 12.4. The Kier molecular flexibility index (Phi) is 5.30. The summed E-state index contributed by atoms with van der Waals surface area (Å²) in [5.74, 6) is 1.06. The zero-order chi connectivity index (χ0) is 16.9. The Morgan fingerprint density at radius 3 is 2.46 bits per heavy atom. The van der Waals surface area contributed by atoms with Gasteiger partial charge in [-0.3, -0.25) is 9.69 Å². The van der Waals surface area contributed by atoms with Crippen LogP contribution in [0.15, 0.2) is 34.9 Å². The predicted octanol–water partition coefficient (Wildman–Crippen LogP) is 2.57. The van der Waals surface area contributed by atoms with E-state index in [0.29, 0.717) is 12.8 Å².